The highest BCUT2D eigenvalue weighted by Crippen LogP contribution is 2.30. The highest BCUT2D eigenvalue weighted by atomic mass is 16.5. The maximum atomic E-state index is 12.3. The van der Waals surface area contributed by atoms with Gasteiger partial charge in [0.15, 0.2) is 6.10 Å². The largest absolute Gasteiger partial charge is 0.497 e. The van der Waals surface area contributed by atoms with E-state index >= 15 is 0 Å². The smallest absolute Gasteiger partial charge is 0.265 e. The number of hydrogen-bond donors (Lipinski definition) is 2. The van der Waals surface area contributed by atoms with Crippen LogP contribution in [0.1, 0.15) is 5.56 Å². The van der Waals surface area contributed by atoms with Gasteiger partial charge < -0.3 is 20.5 Å². The molecule has 0 bridgehead atoms. The van der Waals surface area contributed by atoms with Gasteiger partial charge in [-0.05, 0) is 23.8 Å². The molecule has 1 aliphatic heterocycles. The summed E-state index contributed by atoms with van der Waals surface area (Å²) < 4.78 is 10.8. The fourth-order valence-electron chi connectivity index (χ4n) is 2.31. The van der Waals surface area contributed by atoms with Gasteiger partial charge in [0.05, 0.1) is 18.5 Å². The summed E-state index contributed by atoms with van der Waals surface area (Å²) in [6, 6.07) is 12.8. The molecule has 1 atom stereocenters. The van der Waals surface area contributed by atoms with Crippen molar-refractivity contribution in [2.45, 2.75) is 12.5 Å². The van der Waals surface area contributed by atoms with E-state index in [1.165, 1.54) is 0 Å². The molecule has 3 N–H and O–H groups in total. The summed E-state index contributed by atoms with van der Waals surface area (Å²) in [6.07, 6.45) is 0.0271. The number of ether oxygens (including phenoxy) is 2. The van der Waals surface area contributed by atoms with Gasteiger partial charge in [0.25, 0.3) is 5.91 Å². The number of amides is 1. The molecule has 0 saturated heterocycles. The van der Waals surface area contributed by atoms with Crippen LogP contribution in [0.25, 0.3) is 0 Å². The van der Waals surface area contributed by atoms with Gasteiger partial charge in [-0.3, -0.25) is 4.79 Å². The molecule has 0 fully saturated rings. The van der Waals surface area contributed by atoms with E-state index in [0.717, 1.165) is 11.3 Å². The van der Waals surface area contributed by atoms with Gasteiger partial charge in [0, 0.05) is 12.5 Å². The Morgan fingerprint density at radius 2 is 2.14 bits per heavy atom. The molecule has 3 rings (SSSR count). The molecule has 108 valence electrons. The van der Waals surface area contributed by atoms with Gasteiger partial charge >= 0.3 is 0 Å². The lowest BCUT2D eigenvalue weighted by Gasteiger charge is -2.13. The van der Waals surface area contributed by atoms with Crippen molar-refractivity contribution < 1.29 is 14.3 Å². The van der Waals surface area contributed by atoms with Gasteiger partial charge in [-0.1, -0.05) is 18.2 Å². The lowest BCUT2D eigenvalue weighted by Crippen LogP contribution is -2.31. The van der Waals surface area contributed by atoms with Crippen molar-refractivity contribution in [3.05, 3.63) is 48.0 Å². The molecule has 0 aromatic heterocycles. The molecule has 21 heavy (non-hydrogen) atoms. The molecule has 1 heterocycles. The molecule has 0 spiro atoms. The number of fused-ring (bicyclic) bond motifs is 1. The molecule has 1 aliphatic rings. The molecule has 5 heteroatoms. The molecule has 2 aromatic rings. The van der Waals surface area contributed by atoms with Crippen LogP contribution in [0.2, 0.25) is 0 Å². The zero-order valence-corrected chi connectivity index (χ0v) is 11.6. The first kappa shape index (κ1) is 13.3. The van der Waals surface area contributed by atoms with E-state index in [4.69, 9.17) is 15.2 Å². The van der Waals surface area contributed by atoms with Crippen molar-refractivity contribution in [2.24, 2.45) is 0 Å². The molecule has 0 aliphatic carbocycles. The van der Waals surface area contributed by atoms with E-state index in [1.54, 1.807) is 25.3 Å². The Bertz CT molecular complexity index is 660. The second kappa shape index (κ2) is 5.36. The van der Waals surface area contributed by atoms with Gasteiger partial charge in [0.1, 0.15) is 11.5 Å². The SMILES string of the molecule is COc1ccc(N)c(NC(=O)C2Cc3ccccc3O2)c1. The minimum absolute atomic E-state index is 0.217. The molecule has 0 saturated carbocycles. The molecule has 2 aromatic carbocycles. The summed E-state index contributed by atoms with van der Waals surface area (Å²) in [4.78, 5) is 12.3. The summed E-state index contributed by atoms with van der Waals surface area (Å²) in [6.45, 7) is 0. The number of benzene rings is 2. The number of anilines is 2. The summed E-state index contributed by atoms with van der Waals surface area (Å²) in [5.41, 5.74) is 7.91. The second-order valence-corrected chi connectivity index (χ2v) is 4.86. The van der Waals surface area contributed by atoms with Crippen molar-refractivity contribution in [1.29, 1.82) is 0 Å². The van der Waals surface area contributed by atoms with E-state index in [2.05, 4.69) is 5.32 Å². The number of hydrogen-bond acceptors (Lipinski definition) is 4. The zero-order chi connectivity index (χ0) is 14.8. The number of methoxy groups -OCH3 is 1. The first-order valence-electron chi connectivity index (χ1n) is 6.66. The van der Waals surface area contributed by atoms with Crippen LogP contribution in [0.5, 0.6) is 11.5 Å². The lowest BCUT2D eigenvalue weighted by molar-refractivity contribution is -0.122. The third-order valence-corrected chi connectivity index (χ3v) is 3.46. The second-order valence-electron chi connectivity index (χ2n) is 4.86. The average Bonchev–Trinajstić information content (AvgIpc) is 2.93. The predicted molar refractivity (Wildman–Crippen MR) is 80.6 cm³/mol. The van der Waals surface area contributed by atoms with Crippen LogP contribution in [0.4, 0.5) is 11.4 Å². The van der Waals surface area contributed by atoms with Gasteiger partial charge in [-0.2, -0.15) is 0 Å². The van der Waals surface area contributed by atoms with Crippen molar-refractivity contribution >= 4 is 17.3 Å². The molecule has 1 unspecified atom stereocenters. The van der Waals surface area contributed by atoms with E-state index < -0.39 is 6.10 Å². The average molecular weight is 284 g/mol. The van der Waals surface area contributed by atoms with E-state index in [9.17, 15) is 4.79 Å². The quantitative estimate of drug-likeness (QED) is 0.848. The van der Waals surface area contributed by atoms with Crippen molar-refractivity contribution in [3.63, 3.8) is 0 Å². The third-order valence-electron chi connectivity index (χ3n) is 3.46. The van der Waals surface area contributed by atoms with Crippen LogP contribution in [0.15, 0.2) is 42.5 Å². The number of nitrogens with one attached hydrogen (secondary N) is 1. The Morgan fingerprint density at radius 1 is 1.33 bits per heavy atom. The third kappa shape index (κ3) is 2.63. The Morgan fingerprint density at radius 3 is 2.90 bits per heavy atom. The Balaban J connectivity index is 1.74. The van der Waals surface area contributed by atoms with E-state index in [-0.39, 0.29) is 5.91 Å². The molecule has 0 radical (unpaired) electrons. The summed E-state index contributed by atoms with van der Waals surface area (Å²) >= 11 is 0. The standard InChI is InChI=1S/C16H16N2O3/c1-20-11-6-7-12(17)13(9-11)18-16(19)15-8-10-4-2-3-5-14(10)21-15/h2-7,9,15H,8,17H2,1H3,(H,18,19). The number of nitrogen functional groups attached to an aromatic ring is 1. The number of rotatable bonds is 3. The number of carbonyl (C=O) groups is 1. The monoisotopic (exact) mass is 284 g/mol. The fourth-order valence-corrected chi connectivity index (χ4v) is 2.31. The van der Waals surface area contributed by atoms with Crippen LogP contribution in [0.3, 0.4) is 0 Å². The van der Waals surface area contributed by atoms with E-state index in [0.29, 0.717) is 23.5 Å². The van der Waals surface area contributed by atoms with Gasteiger partial charge in [-0.15, -0.1) is 0 Å². The highest BCUT2D eigenvalue weighted by Gasteiger charge is 2.29. The van der Waals surface area contributed by atoms with Crippen LogP contribution >= 0.6 is 0 Å². The highest BCUT2D eigenvalue weighted by molar-refractivity contribution is 5.97. The van der Waals surface area contributed by atoms with Gasteiger partial charge in [0.2, 0.25) is 0 Å². The zero-order valence-electron chi connectivity index (χ0n) is 11.6. The Labute approximate surface area is 122 Å². The van der Waals surface area contributed by atoms with E-state index in [1.807, 2.05) is 24.3 Å². The topological polar surface area (TPSA) is 73.6 Å². The van der Waals surface area contributed by atoms with Crippen LogP contribution in [-0.4, -0.2) is 19.1 Å². The number of nitrogens with two attached hydrogens (primary N) is 1. The number of para-hydroxylation sites is 1. The minimum Gasteiger partial charge on any atom is -0.497 e. The van der Waals surface area contributed by atoms with Crippen molar-refractivity contribution in [1.82, 2.24) is 0 Å². The van der Waals surface area contributed by atoms with Crippen LogP contribution < -0.4 is 20.5 Å². The maximum absolute atomic E-state index is 12.3. The normalized spacial score (nSPS) is 16.0. The molecular formula is C16H16N2O3. The predicted octanol–water partition coefficient (Wildman–Crippen LogP) is 2.22. The first-order chi connectivity index (χ1) is 10.2. The summed E-state index contributed by atoms with van der Waals surface area (Å²) in [5, 5.41) is 2.79. The minimum atomic E-state index is -0.534. The van der Waals surface area contributed by atoms with Crippen LogP contribution in [-0.2, 0) is 11.2 Å². The summed E-state index contributed by atoms with van der Waals surface area (Å²) in [5.74, 6) is 1.18. The van der Waals surface area contributed by atoms with Crippen molar-refractivity contribution in [3.8, 4) is 11.5 Å². The fraction of sp³-hybridized carbons (Fsp3) is 0.188. The molecule has 1 amide bonds. The summed E-state index contributed by atoms with van der Waals surface area (Å²) in [7, 11) is 1.56. The van der Waals surface area contributed by atoms with Gasteiger partial charge in [-0.25, -0.2) is 0 Å². The van der Waals surface area contributed by atoms with Crippen LogP contribution in [0, 0.1) is 0 Å². The Kier molecular flexibility index (Phi) is 3.39. The first-order valence-corrected chi connectivity index (χ1v) is 6.66. The maximum Gasteiger partial charge on any atom is 0.265 e. The lowest BCUT2D eigenvalue weighted by atomic mass is 10.1. The number of carbonyl (C=O) groups excluding carboxylic acids is 1. The molecular weight excluding hydrogens is 268 g/mol. The Hall–Kier alpha value is -2.69. The molecule has 5 nitrogen and oxygen atoms in total. The van der Waals surface area contributed by atoms with Crippen molar-refractivity contribution in [2.75, 3.05) is 18.2 Å².